The summed E-state index contributed by atoms with van der Waals surface area (Å²) >= 11 is 0. The Balaban J connectivity index is 2.62. The van der Waals surface area contributed by atoms with Crippen molar-refractivity contribution in [3.05, 3.63) is 29.8 Å². The second kappa shape index (κ2) is 8.92. The monoisotopic (exact) mass is 308 g/mol. The van der Waals surface area contributed by atoms with Crippen molar-refractivity contribution in [3.8, 4) is 5.75 Å². The smallest absolute Gasteiger partial charge is 0.328 e. The van der Waals surface area contributed by atoms with Gasteiger partial charge in [-0.2, -0.15) is 0 Å². The minimum absolute atomic E-state index is 0.00976. The molecule has 0 saturated carbocycles. The predicted octanol–water partition coefficient (Wildman–Crippen LogP) is 2.08. The molecule has 0 aliphatic carbocycles. The first kappa shape index (κ1) is 17.8. The second-order valence-corrected chi connectivity index (χ2v) is 5.03. The molecule has 0 spiro atoms. The van der Waals surface area contributed by atoms with Crippen LogP contribution in [0.1, 0.15) is 25.8 Å². The standard InChI is InChI=1S/C16H24N2O4/c1-5-11(2)14(15(19)22-4)18-16(20)17-10-12-8-6-7-9-13(12)21-3/h6-9,11,14H,5,10H2,1-4H3,(H2,17,18,20)/t11-,14-/m0/s1. The highest BCUT2D eigenvalue weighted by atomic mass is 16.5. The Kier molecular flexibility index (Phi) is 7.22. The van der Waals surface area contributed by atoms with E-state index in [1.165, 1.54) is 7.11 Å². The van der Waals surface area contributed by atoms with Crippen LogP contribution in [0.15, 0.2) is 24.3 Å². The van der Waals surface area contributed by atoms with Crippen LogP contribution in [0, 0.1) is 5.92 Å². The Morgan fingerprint density at radius 1 is 1.23 bits per heavy atom. The molecule has 2 amide bonds. The number of carbonyl (C=O) groups excluding carboxylic acids is 2. The lowest BCUT2D eigenvalue weighted by Crippen LogP contribution is -2.49. The largest absolute Gasteiger partial charge is 0.496 e. The van der Waals surface area contributed by atoms with Gasteiger partial charge in [-0.15, -0.1) is 0 Å². The van der Waals surface area contributed by atoms with Crippen molar-refractivity contribution in [1.29, 1.82) is 0 Å². The second-order valence-electron chi connectivity index (χ2n) is 5.03. The third-order valence-corrected chi connectivity index (χ3v) is 3.59. The van der Waals surface area contributed by atoms with Gasteiger partial charge in [-0.3, -0.25) is 0 Å². The van der Waals surface area contributed by atoms with Gasteiger partial charge in [0.15, 0.2) is 0 Å². The first-order chi connectivity index (χ1) is 10.5. The van der Waals surface area contributed by atoms with Crippen LogP contribution in [0.25, 0.3) is 0 Å². The highest BCUT2D eigenvalue weighted by molar-refractivity contribution is 5.83. The molecule has 0 bridgehead atoms. The predicted molar refractivity (Wildman–Crippen MR) is 83.6 cm³/mol. The van der Waals surface area contributed by atoms with E-state index < -0.39 is 18.0 Å². The number of carbonyl (C=O) groups is 2. The Bertz CT molecular complexity index is 505. The number of nitrogens with one attached hydrogen (secondary N) is 2. The van der Waals surface area contributed by atoms with E-state index in [0.717, 1.165) is 12.0 Å². The molecule has 1 rings (SSSR count). The van der Waals surface area contributed by atoms with E-state index in [1.807, 2.05) is 38.1 Å². The molecule has 0 aromatic heterocycles. The van der Waals surface area contributed by atoms with Crippen LogP contribution in [-0.4, -0.2) is 32.3 Å². The molecule has 122 valence electrons. The van der Waals surface area contributed by atoms with Crippen molar-refractivity contribution < 1.29 is 19.1 Å². The molecule has 2 atom stereocenters. The third kappa shape index (κ3) is 4.95. The zero-order chi connectivity index (χ0) is 16.5. The Morgan fingerprint density at radius 3 is 2.50 bits per heavy atom. The van der Waals surface area contributed by atoms with E-state index in [-0.39, 0.29) is 5.92 Å². The number of ether oxygens (including phenoxy) is 2. The van der Waals surface area contributed by atoms with Gasteiger partial charge in [0.05, 0.1) is 14.2 Å². The molecule has 0 aliphatic rings. The van der Waals surface area contributed by atoms with Gasteiger partial charge in [0.2, 0.25) is 0 Å². The van der Waals surface area contributed by atoms with Crippen molar-refractivity contribution in [2.24, 2.45) is 5.92 Å². The normalized spacial score (nSPS) is 12.9. The number of methoxy groups -OCH3 is 2. The molecule has 1 aromatic rings. The number of para-hydroxylation sites is 1. The number of rotatable bonds is 7. The fourth-order valence-corrected chi connectivity index (χ4v) is 2.01. The number of esters is 1. The average Bonchev–Trinajstić information content (AvgIpc) is 2.56. The van der Waals surface area contributed by atoms with Gasteiger partial charge in [-0.25, -0.2) is 9.59 Å². The lowest BCUT2D eigenvalue weighted by Gasteiger charge is -2.22. The molecule has 0 radical (unpaired) electrons. The fraction of sp³-hybridized carbons (Fsp3) is 0.500. The lowest BCUT2D eigenvalue weighted by atomic mass is 9.99. The summed E-state index contributed by atoms with van der Waals surface area (Å²) in [5.74, 6) is 0.250. The summed E-state index contributed by atoms with van der Waals surface area (Å²) in [5, 5.41) is 5.38. The zero-order valence-electron chi connectivity index (χ0n) is 13.5. The van der Waals surface area contributed by atoms with Crippen LogP contribution in [0.2, 0.25) is 0 Å². The Labute approximate surface area is 131 Å². The van der Waals surface area contributed by atoms with Crippen molar-refractivity contribution in [3.63, 3.8) is 0 Å². The maximum atomic E-state index is 12.0. The summed E-state index contributed by atoms with van der Waals surface area (Å²) in [6.07, 6.45) is 0.757. The van der Waals surface area contributed by atoms with Gasteiger partial charge in [0, 0.05) is 12.1 Å². The van der Waals surface area contributed by atoms with Gasteiger partial charge < -0.3 is 20.1 Å². The molecular formula is C16H24N2O4. The van der Waals surface area contributed by atoms with Gasteiger partial charge >= 0.3 is 12.0 Å². The van der Waals surface area contributed by atoms with E-state index in [9.17, 15) is 9.59 Å². The molecule has 0 aliphatic heterocycles. The van der Waals surface area contributed by atoms with E-state index in [2.05, 4.69) is 10.6 Å². The average molecular weight is 308 g/mol. The van der Waals surface area contributed by atoms with Crippen molar-refractivity contribution in [1.82, 2.24) is 10.6 Å². The van der Waals surface area contributed by atoms with Crippen LogP contribution in [0.5, 0.6) is 5.75 Å². The van der Waals surface area contributed by atoms with Gasteiger partial charge in [0.1, 0.15) is 11.8 Å². The summed E-state index contributed by atoms with van der Waals surface area (Å²) in [4.78, 5) is 23.7. The molecule has 1 aromatic carbocycles. The minimum Gasteiger partial charge on any atom is -0.496 e. The molecule has 0 unspecified atom stereocenters. The van der Waals surface area contributed by atoms with Crippen molar-refractivity contribution >= 4 is 12.0 Å². The topological polar surface area (TPSA) is 76.7 Å². The number of hydrogen-bond acceptors (Lipinski definition) is 4. The maximum absolute atomic E-state index is 12.0. The van der Waals surface area contributed by atoms with Gasteiger partial charge in [-0.1, -0.05) is 38.5 Å². The van der Waals surface area contributed by atoms with E-state index in [1.54, 1.807) is 7.11 Å². The first-order valence-electron chi connectivity index (χ1n) is 7.27. The molecule has 0 saturated heterocycles. The molecule has 0 heterocycles. The number of amides is 2. The summed E-state index contributed by atoms with van der Waals surface area (Å²) in [7, 11) is 2.89. The number of benzene rings is 1. The molecule has 6 nitrogen and oxygen atoms in total. The summed E-state index contributed by atoms with van der Waals surface area (Å²) in [5.41, 5.74) is 0.860. The number of urea groups is 1. The molecular weight excluding hydrogens is 284 g/mol. The van der Waals surface area contributed by atoms with E-state index >= 15 is 0 Å². The SMILES string of the molecule is CC[C@H](C)[C@H](NC(=O)NCc1ccccc1OC)C(=O)OC. The Morgan fingerprint density at radius 2 is 1.91 bits per heavy atom. The van der Waals surface area contributed by atoms with Gasteiger partial charge in [0.25, 0.3) is 0 Å². The highest BCUT2D eigenvalue weighted by Gasteiger charge is 2.26. The maximum Gasteiger partial charge on any atom is 0.328 e. The highest BCUT2D eigenvalue weighted by Crippen LogP contribution is 2.16. The number of hydrogen-bond donors (Lipinski definition) is 2. The van der Waals surface area contributed by atoms with Crippen LogP contribution in [0.4, 0.5) is 4.79 Å². The summed E-state index contributed by atoms with van der Waals surface area (Å²) < 4.78 is 9.96. The van der Waals surface area contributed by atoms with Gasteiger partial charge in [-0.05, 0) is 12.0 Å². The summed E-state index contributed by atoms with van der Waals surface area (Å²) in [6.45, 7) is 4.15. The molecule has 22 heavy (non-hydrogen) atoms. The van der Waals surface area contributed by atoms with E-state index in [0.29, 0.717) is 12.3 Å². The third-order valence-electron chi connectivity index (χ3n) is 3.59. The molecule has 6 heteroatoms. The van der Waals surface area contributed by atoms with Crippen LogP contribution in [-0.2, 0) is 16.1 Å². The molecule has 0 fully saturated rings. The fourth-order valence-electron chi connectivity index (χ4n) is 2.01. The first-order valence-corrected chi connectivity index (χ1v) is 7.27. The van der Waals surface area contributed by atoms with Crippen LogP contribution in [0.3, 0.4) is 0 Å². The zero-order valence-corrected chi connectivity index (χ0v) is 13.5. The van der Waals surface area contributed by atoms with Crippen LogP contribution < -0.4 is 15.4 Å². The van der Waals surface area contributed by atoms with E-state index in [4.69, 9.17) is 9.47 Å². The minimum atomic E-state index is -0.660. The van der Waals surface area contributed by atoms with Crippen molar-refractivity contribution in [2.45, 2.75) is 32.9 Å². The van der Waals surface area contributed by atoms with Crippen LogP contribution >= 0.6 is 0 Å². The molecule has 2 N–H and O–H groups in total. The van der Waals surface area contributed by atoms with Crippen molar-refractivity contribution in [2.75, 3.05) is 14.2 Å². The Hall–Kier alpha value is -2.24. The lowest BCUT2D eigenvalue weighted by molar-refractivity contribution is -0.144. The summed E-state index contributed by atoms with van der Waals surface area (Å²) in [6, 6.07) is 6.35. The quantitative estimate of drug-likeness (QED) is 0.756.